The molecule has 0 saturated heterocycles. The number of nitrogens with zero attached hydrogens (tertiary/aromatic N) is 1. The fourth-order valence-electron chi connectivity index (χ4n) is 2.11. The van der Waals surface area contributed by atoms with Crippen LogP contribution in [0, 0.1) is 5.92 Å². The molecule has 0 bridgehead atoms. The molecule has 1 fully saturated rings. The number of hydrogen-bond acceptors (Lipinski definition) is 3. The third kappa shape index (κ3) is 6.59. The maximum absolute atomic E-state index is 11.9. The Hall–Kier alpha value is -2.24. The highest BCUT2D eigenvalue weighted by atomic mass is 16.3. The lowest BCUT2D eigenvalue weighted by Gasteiger charge is -2.11. The third-order valence-electron chi connectivity index (χ3n) is 3.59. The van der Waals surface area contributed by atoms with Crippen LogP contribution in [0.2, 0.25) is 0 Å². The van der Waals surface area contributed by atoms with Crippen LogP contribution in [0.15, 0.2) is 29.3 Å². The lowest BCUT2D eigenvalue weighted by molar-refractivity contribution is 0.0953. The summed E-state index contributed by atoms with van der Waals surface area (Å²) in [5.74, 6) is 1.54. The first-order valence-electron chi connectivity index (χ1n) is 8.28. The van der Waals surface area contributed by atoms with Crippen molar-refractivity contribution in [1.29, 1.82) is 0 Å². The van der Waals surface area contributed by atoms with Crippen molar-refractivity contribution in [2.45, 2.75) is 26.2 Å². The molecule has 2 rings (SSSR count). The molecule has 6 nitrogen and oxygen atoms in total. The number of hydrogen-bond donors (Lipinski definition) is 4. The van der Waals surface area contributed by atoms with Crippen LogP contribution in [0.3, 0.4) is 0 Å². The van der Waals surface area contributed by atoms with E-state index in [1.165, 1.54) is 18.9 Å². The van der Waals surface area contributed by atoms with Gasteiger partial charge in [0, 0.05) is 31.7 Å². The van der Waals surface area contributed by atoms with Gasteiger partial charge in [0.1, 0.15) is 5.75 Å². The van der Waals surface area contributed by atoms with E-state index in [0.29, 0.717) is 12.1 Å². The lowest BCUT2D eigenvalue weighted by Crippen LogP contribution is -2.39. The summed E-state index contributed by atoms with van der Waals surface area (Å²) in [5, 5.41) is 18.7. The van der Waals surface area contributed by atoms with Crippen molar-refractivity contribution in [3.8, 4) is 5.75 Å². The van der Waals surface area contributed by atoms with Crippen LogP contribution in [0.5, 0.6) is 5.75 Å². The summed E-state index contributed by atoms with van der Waals surface area (Å²) < 4.78 is 0. The van der Waals surface area contributed by atoms with Crippen molar-refractivity contribution in [1.82, 2.24) is 16.0 Å². The highest BCUT2D eigenvalue weighted by Crippen LogP contribution is 2.28. The average Bonchev–Trinajstić information content (AvgIpc) is 3.36. The number of aliphatic imine (C=N–C) groups is 1. The zero-order chi connectivity index (χ0) is 16.5. The molecule has 0 aliphatic heterocycles. The molecular formula is C17H26N4O2. The summed E-state index contributed by atoms with van der Waals surface area (Å²) in [4.78, 5) is 16.4. The zero-order valence-corrected chi connectivity index (χ0v) is 13.6. The molecule has 0 atom stereocenters. The molecule has 0 heterocycles. The Bertz CT molecular complexity index is 541. The highest BCUT2D eigenvalue weighted by Gasteiger charge is 2.20. The Labute approximate surface area is 137 Å². The van der Waals surface area contributed by atoms with Gasteiger partial charge in [0.2, 0.25) is 0 Å². The number of benzene rings is 1. The number of aromatic hydroxyl groups is 1. The molecule has 0 aromatic heterocycles. The molecule has 0 unspecified atom stereocenters. The van der Waals surface area contributed by atoms with Crippen LogP contribution in [0.1, 0.15) is 36.5 Å². The number of phenols is 1. The van der Waals surface area contributed by atoms with Gasteiger partial charge in [-0.05, 0) is 50.3 Å². The molecule has 126 valence electrons. The molecule has 23 heavy (non-hydrogen) atoms. The number of amides is 1. The molecule has 1 aromatic carbocycles. The summed E-state index contributed by atoms with van der Waals surface area (Å²) in [6, 6.07) is 6.34. The van der Waals surface area contributed by atoms with Crippen molar-refractivity contribution in [2.24, 2.45) is 10.9 Å². The van der Waals surface area contributed by atoms with Gasteiger partial charge in [-0.1, -0.05) is 6.07 Å². The molecule has 6 heteroatoms. The number of nitrogens with one attached hydrogen (secondary N) is 3. The monoisotopic (exact) mass is 318 g/mol. The zero-order valence-electron chi connectivity index (χ0n) is 13.6. The van der Waals surface area contributed by atoms with Crippen molar-refractivity contribution < 1.29 is 9.90 Å². The summed E-state index contributed by atoms with van der Waals surface area (Å²) >= 11 is 0. The third-order valence-corrected chi connectivity index (χ3v) is 3.59. The minimum atomic E-state index is -0.171. The van der Waals surface area contributed by atoms with Gasteiger partial charge in [-0.25, -0.2) is 0 Å². The molecule has 1 amide bonds. The van der Waals surface area contributed by atoms with Crippen LogP contribution < -0.4 is 16.0 Å². The Morgan fingerprint density at radius 3 is 2.74 bits per heavy atom. The first-order valence-corrected chi connectivity index (χ1v) is 8.28. The maximum Gasteiger partial charge on any atom is 0.251 e. The van der Waals surface area contributed by atoms with Crippen molar-refractivity contribution in [3.05, 3.63) is 29.8 Å². The first-order chi connectivity index (χ1) is 11.2. The quantitative estimate of drug-likeness (QED) is 0.332. The van der Waals surface area contributed by atoms with Gasteiger partial charge < -0.3 is 21.1 Å². The largest absolute Gasteiger partial charge is 0.508 e. The number of guanidine groups is 1. The minimum Gasteiger partial charge on any atom is -0.508 e. The van der Waals surface area contributed by atoms with Gasteiger partial charge in [0.15, 0.2) is 5.96 Å². The maximum atomic E-state index is 11.9. The predicted octanol–water partition coefficient (Wildman–Crippen LogP) is 1.48. The minimum absolute atomic E-state index is 0.0986. The van der Waals surface area contributed by atoms with Gasteiger partial charge in [-0.2, -0.15) is 0 Å². The van der Waals surface area contributed by atoms with E-state index in [2.05, 4.69) is 20.9 Å². The number of carbonyl (C=O) groups is 1. The fourth-order valence-corrected chi connectivity index (χ4v) is 2.11. The molecule has 1 saturated carbocycles. The van der Waals surface area contributed by atoms with Gasteiger partial charge in [0.05, 0.1) is 0 Å². The molecule has 4 N–H and O–H groups in total. The van der Waals surface area contributed by atoms with Gasteiger partial charge in [-0.15, -0.1) is 0 Å². The van der Waals surface area contributed by atoms with Crippen molar-refractivity contribution >= 4 is 11.9 Å². The summed E-state index contributed by atoms with van der Waals surface area (Å²) in [5.41, 5.74) is 0.470. The smallest absolute Gasteiger partial charge is 0.251 e. The standard InChI is InChI=1S/C17H26N4O2/c1-2-18-17(21-12-13-7-8-13)20-10-4-9-19-16(23)14-5-3-6-15(22)11-14/h3,5-6,11,13,22H,2,4,7-10,12H2,1H3,(H,19,23)(H2,18,20,21). The van der Waals surface area contributed by atoms with Gasteiger partial charge in [0.25, 0.3) is 5.91 Å². The lowest BCUT2D eigenvalue weighted by atomic mass is 10.2. The van der Waals surface area contributed by atoms with Gasteiger partial charge >= 0.3 is 0 Å². The van der Waals surface area contributed by atoms with E-state index in [1.54, 1.807) is 18.2 Å². The SMILES string of the molecule is CCNC(=NCC1CC1)NCCCNC(=O)c1cccc(O)c1. The van der Waals surface area contributed by atoms with Crippen LogP contribution in [-0.2, 0) is 0 Å². The molecular weight excluding hydrogens is 292 g/mol. The Kier molecular flexibility index (Phi) is 6.72. The van der Waals surface area contributed by atoms with Crippen molar-refractivity contribution in [2.75, 3.05) is 26.2 Å². The summed E-state index contributed by atoms with van der Waals surface area (Å²) in [6.07, 6.45) is 3.40. The summed E-state index contributed by atoms with van der Waals surface area (Å²) in [7, 11) is 0. The second kappa shape index (κ2) is 9.02. The molecule has 0 spiro atoms. The van der Waals surface area contributed by atoms with E-state index in [9.17, 15) is 9.90 Å². The van der Waals surface area contributed by atoms with Crippen LogP contribution in [0.4, 0.5) is 0 Å². The highest BCUT2D eigenvalue weighted by molar-refractivity contribution is 5.94. The van der Waals surface area contributed by atoms with E-state index < -0.39 is 0 Å². The normalized spacial score (nSPS) is 14.4. The average molecular weight is 318 g/mol. The van der Waals surface area contributed by atoms with E-state index in [1.807, 2.05) is 6.92 Å². The molecule has 1 aromatic rings. The molecule has 1 aliphatic carbocycles. The van der Waals surface area contributed by atoms with E-state index >= 15 is 0 Å². The van der Waals surface area contributed by atoms with Crippen LogP contribution >= 0.6 is 0 Å². The Morgan fingerprint density at radius 2 is 2.04 bits per heavy atom. The second-order valence-corrected chi connectivity index (χ2v) is 5.75. The van der Waals surface area contributed by atoms with E-state index in [0.717, 1.165) is 37.9 Å². The number of rotatable bonds is 8. The van der Waals surface area contributed by atoms with Crippen LogP contribution in [0.25, 0.3) is 0 Å². The molecule has 0 radical (unpaired) electrons. The predicted molar refractivity (Wildman–Crippen MR) is 91.8 cm³/mol. The summed E-state index contributed by atoms with van der Waals surface area (Å²) in [6.45, 7) is 5.10. The fraction of sp³-hybridized carbons (Fsp3) is 0.529. The van der Waals surface area contributed by atoms with Crippen LogP contribution in [-0.4, -0.2) is 43.2 Å². The topological polar surface area (TPSA) is 85.8 Å². The number of phenolic OH excluding ortho intramolecular Hbond substituents is 1. The van der Waals surface area contributed by atoms with E-state index in [-0.39, 0.29) is 11.7 Å². The number of carbonyl (C=O) groups excluding carboxylic acids is 1. The molecule has 1 aliphatic rings. The second-order valence-electron chi connectivity index (χ2n) is 5.75. The Morgan fingerprint density at radius 1 is 1.26 bits per heavy atom. The van der Waals surface area contributed by atoms with E-state index in [4.69, 9.17) is 0 Å². The van der Waals surface area contributed by atoms with Gasteiger partial charge in [-0.3, -0.25) is 9.79 Å². The van der Waals surface area contributed by atoms with Crippen molar-refractivity contribution in [3.63, 3.8) is 0 Å². The Balaban J connectivity index is 1.63. The first kappa shape index (κ1) is 17.1.